The van der Waals surface area contributed by atoms with E-state index in [9.17, 15) is 4.79 Å². The maximum Gasteiger partial charge on any atom is 0.248 e. The van der Waals surface area contributed by atoms with Crippen molar-refractivity contribution in [3.63, 3.8) is 0 Å². The average Bonchev–Trinajstić information content (AvgIpc) is 3.47. The van der Waals surface area contributed by atoms with Gasteiger partial charge in [0.15, 0.2) is 5.58 Å². The largest absolute Gasteiger partial charge is 0.457 e. The second kappa shape index (κ2) is 9.50. The molecule has 1 N–H and O–H groups in total. The first-order chi connectivity index (χ1) is 16.5. The number of hydrogen-bond donors (Lipinski definition) is 1. The standard InChI is InChI=1S/C26H15BrCl2N2O3/c27-16-6-4-15(5-7-16)26-31-21-14-17(8-11-23(21)34-26)30-24(32)13-10-18-9-12-22(33-18)19-2-1-3-20(28)25(19)29/h1-14H,(H,30,32). The van der Waals surface area contributed by atoms with Crippen molar-refractivity contribution in [2.45, 2.75) is 0 Å². The quantitative estimate of drug-likeness (QED) is 0.221. The summed E-state index contributed by atoms with van der Waals surface area (Å²) in [6.07, 6.45) is 2.97. The molecular weight excluding hydrogens is 539 g/mol. The van der Waals surface area contributed by atoms with Crippen LogP contribution in [0, 0.1) is 0 Å². The van der Waals surface area contributed by atoms with Gasteiger partial charge in [-0.25, -0.2) is 4.98 Å². The van der Waals surface area contributed by atoms with Gasteiger partial charge in [-0.3, -0.25) is 4.79 Å². The number of hydrogen-bond acceptors (Lipinski definition) is 4. The summed E-state index contributed by atoms with van der Waals surface area (Å²) in [5.41, 5.74) is 3.43. The van der Waals surface area contributed by atoms with Gasteiger partial charge in [0.2, 0.25) is 11.8 Å². The predicted molar refractivity (Wildman–Crippen MR) is 139 cm³/mol. The van der Waals surface area contributed by atoms with E-state index in [1.54, 1.807) is 48.5 Å². The zero-order valence-corrected chi connectivity index (χ0v) is 20.5. The molecule has 2 aromatic heterocycles. The zero-order chi connectivity index (χ0) is 23.7. The number of carbonyl (C=O) groups is 1. The van der Waals surface area contributed by atoms with Crippen LogP contribution in [0.3, 0.4) is 0 Å². The maximum atomic E-state index is 12.4. The van der Waals surface area contributed by atoms with Gasteiger partial charge in [-0.05, 0) is 72.8 Å². The van der Waals surface area contributed by atoms with Gasteiger partial charge in [-0.1, -0.05) is 45.2 Å². The molecule has 0 bridgehead atoms. The average molecular weight is 554 g/mol. The van der Waals surface area contributed by atoms with Crippen LogP contribution in [-0.2, 0) is 4.79 Å². The Morgan fingerprint density at radius 3 is 2.62 bits per heavy atom. The second-order valence-corrected chi connectivity index (χ2v) is 9.04. The Bertz CT molecular complexity index is 1540. The first-order valence-electron chi connectivity index (χ1n) is 10.2. The molecule has 0 aliphatic rings. The Balaban J connectivity index is 1.29. The molecule has 1 amide bonds. The number of anilines is 1. The summed E-state index contributed by atoms with van der Waals surface area (Å²) in [6.45, 7) is 0. The highest BCUT2D eigenvalue weighted by Crippen LogP contribution is 2.34. The highest BCUT2D eigenvalue weighted by Gasteiger charge is 2.11. The molecule has 0 unspecified atom stereocenters. The molecule has 3 aromatic carbocycles. The van der Waals surface area contributed by atoms with Gasteiger partial charge < -0.3 is 14.2 Å². The molecule has 0 saturated heterocycles. The smallest absolute Gasteiger partial charge is 0.248 e. The molecule has 168 valence electrons. The Labute approximate surface area is 213 Å². The van der Waals surface area contributed by atoms with Crippen molar-refractivity contribution in [3.05, 3.63) is 99.2 Å². The minimum atomic E-state index is -0.310. The molecule has 0 atom stereocenters. The molecule has 2 heterocycles. The van der Waals surface area contributed by atoms with Crippen LogP contribution in [0.15, 0.2) is 92.2 Å². The lowest BCUT2D eigenvalue weighted by molar-refractivity contribution is -0.111. The highest BCUT2D eigenvalue weighted by atomic mass is 79.9. The van der Waals surface area contributed by atoms with Gasteiger partial charge in [0, 0.05) is 27.4 Å². The normalized spacial score (nSPS) is 11.4. The van der Waals surface area contributed by atoms with Gasteiger partial charge >= 0.3 is 0 Å². The minimum absolute atomic E-state index is 0.310. The third kappa shape index (κ3) is 4.80. The topological polar surface area (TPSA) is 68.3 Å². The summed E-state index contributed by atoms with van der Waals surface area (Å²) in [4.78, 5) is 17.0. The molecule has 0 aliphatic heterocycles. The fourth-order valence-corrected chi connectivity index (χ4v) is 4.00. The summed E-state index contributed by atoms with van der Waals surface area (Å²) in [5, 5.41) is 3.68. The molecule has 5 nitrogen and oxygen atoms in total. The fraction of sp³-hybridized carbons (Fsp3) is 0. The molecule has 8 heteroatoms. The molecule has 0 fully saturated rings. The summed E-state index contributed by atoms with van der Waals surface area (Å²) >= 11 is 15.7. The Kier molecular flexibility index (Phi) is 6.28. The van der Waals surface area contributed by atoms with Crippen molar-refractivity contribution in [3.8, 4) is 22.8 Å². The summed E-state index contributed by atoms with van der Waals surface area (Å²) in [5.74, 6) is 1.27. The Morgan fingerprint density at radius 2 is 1.79 bits per heavy atom. The number of rotatable bonds is 5. The number of carbonyl (C=O) groups excluding carboxylic acids is 1. The van der Waals surface area contributed by atoms with Crippen molar-refractivity contribution in [1.82, 2.24) is 4.98 Å². The van der Waals surface area contributed by atoms with Crippen LogP contribution < -0.4 is 5.32 Å². The van der Waals surface area contributed by atoms with E-state index < -0.39 is 0 Å². The number of amides is 1. The zero-order valence-electron chi connectivity index (χ0n) is 17.4. The van der Waals surface area contributed by atoms with Gasteiger partial charge in [0.1, 0.15) is 17.0 Å². The van der Waals surface area contributed by atoms with Crippen molar-refractivity contribution in [2.24, 2.45) is 0 Å². The van der Waals surface area contributed by atoms with E-state index in [1.807, 2.05) is 30.3 Å². The van der Waals surface area contributed by atoms with Crippen LogP contribution in [0.1, 0.15) is 5.76 Å². The Morgan fingerprint density at radius 1 is 0.971 bits per heavy atom. The fourth-order valence-electron chi connectivity index (χ4n) is 3.34. The summed E-state index contributed by atoms with van der Waals surface area (Å²) < 4.78 is 12.6. The van der Waals surface area contributed by atoms with Crippen molar-refractivity contribution >= 4 is 67.9 Å². The van der Waals surface area contributed by atoms with Crippen LogP contribution in [0.2, 0.25) is 10.0 Å². The number of fused-ring (bicyclic) bond motifs is 1. The molecular formula is C26H15BrCl2N2O3. The first kappa shape index (κ1) is 22.5. The van der Waals surface area contributed by atoms with Gasteiger partial charge in [0.25, 0.3) is 0 Å². The van der Waals surface area contributed by atoms with E-state index in [0.717, 1.165) is 10.0 Å². The van der Waals surface area contributed by atoms with E-state index in [1.165, 1.54) is 6.08 Å². The SMILES string of the molecule is O=C(C=Cc1ccc(-c2cccc(Cl)c2Cl)o1)Nc1ccc2oc(-c3ccc(Br)cc3)nc2c1. The van der Waals surface area contributed by atoms with Crippen molar-refractivity contribution < 1.29 is 13.6 Å². The van der Waals surface area contributed by atoms with Gasteiger partial charge in [-0.2, -0.15) is 0 Å². The summed E-state index contributed by atoms with van der Waals surface area (Å²) in [7, 11) is 0. The lowest BCUT2D eigenvalue weighted by Crippen LogP contribution is -2.07. The van der Waals surface area contributed by atoms with Gasteiger partial charge in [-0.15, -0.1) is 0 Å². The number of aromatic nitrogens is 1. The van der Waals surface area contributed by atoms with Crippen molar-refractivity contribution in [1.29, 1.82) is 0 Å². The van der Waals surface area contributed by atoms with Crippen LogP contribution in [0.4, 0.5) is 5.69 Å². The third-order valence-corrected chi connectivity index (χ3v) is 6.34. The van der Waals surface area contributed by atoms with E-state index in [-0.39, 0.29) is 5.91 Å². The van der Waals surface area contributed by atoms with E-state index in [0.29, 0.717) is 49.8 Å². The predicted octanol–water partition coefficient (Wildman–Crippen LogP) is 8.48. The number of furan rings is 1. The molecule has 0 spiro atoms. The van der Waals surface area contributed by atoms with Crippen molar-refractivity contribution in [2.75, 3.05) is 5.32 Å². The third-order valence-electron chi connectivity index (χ3n) is 4.99. The first-order valence-corrected chi connectivity index (χ1v) is 11.7. The van der Waals surface area contributed by atoms with Crippen LogP contribution in [0.5, 0.6) is 0 Å². The number of nitrogens with one attached hydrogen (secondary N) is 1. The second-order valence-electron chi connectivity index (χ2n) is 7.33. The van der Waals surface area contributed by atoms with Crippen LogP contribution in [-0.4, -0.2) is 10.9 Å². The number of halogens is 3. The number of nitrogens with zero attached hydrogens (tertiary/aromatic N) is 1. The highest BCUT2D eigenvalue weighted by molar-refractivity contribution is 9.10. The molecule has 0 aliphatic carbocycles. The lowest BCUT2D eigenvalue weighted by Gasteiger charge is -2.02. The number of oxazole rings is 1. The molecule has 34 heavy (non-hydrogen) atoms. The Hall–Kier alpha value is -3.32. The number of benzene rings is 3. The summed E-state index contributed by atoms with van der Waals surface area (Å²) in [6, 6.07) is 21.8. The van der Waals surface area contributed by atoms with Crippen LogP contribution >= 0.6 is 39.1 Å². The van der Waals surface area contributed by atoms with E-state index >= 15 is 0 Å². The van der Waals surface area contributed by atoms with Crippen LogP contribution in [0.25, 0.3) is 40.0 Å². The molecule has 5 aromatic rings. The molecule has 0 saturated carbocycles. The lowest BCUT2D eigenvalue weighted by atomic mass is 10.2. The minimum Gasteiger partial charge on any atom is -0.457 e. The monoisotopic (exact) mass is 552 g/mol. The van der Waals surface area contributed by atoms with E-state index in [4.69, 9.17) is 32.0 Å². The molecule has 5 rings (SSSR count). The maximum absolute atomic E-state index is 12.4. The molecule has 0 radical (unpaired) electrons. The van der Waals surface area contributed by atoms with E-state index in [2.05, 4.69) is 26.2 Å². The van der Waals surface area contributed by atoms with Gasteiger partial charge in [0.05, 0.1) is 10.0 Å².